The highest BCUT2D eigenvalue weighted by molar-refractivity contribution is 5.86. The summed E-state index contributed by atoms with van der Waals surface area (Å²) >= 11 is 0. The van der Waals surface area contributed by atoms with Crippen LogP contribution in [0.3, 0.4) is 0 Å². The molecule has 0 spiro atoms. The Morgan fingerprint density at radius 3 is 1.74 bits per heavy atom. The first kappa shape index (κ1) is 31.5. The van der Waals surface area contributed by atoms with Crippen molar-refractivity contribution < 1.29 is 42.2 Å². The number of alkyl halides is 3. The Kier molecular flexibility index (Phi) is 12.4. The van der Waals surface area contributed by atoms with Crippen LogP contribution in [0.5, 0.6) is 0 Å². The molecule has 0 rings (SSSR count). The number of ether oxygens (including phenoxy) is 1. The summed E-state index contributed by atoms with van der Waals surface area (Å²) in [6.45, 7) is 12.4. The van der Waals surface area contributed by atoms with Crippen LogP contribution in [0.25, 0.3) is 0 Å². The summed E-state index contributed by atoms with van der Waals surface area (Å²) in [7, 11) is 0. The SMILES string of the molecule is CC(C)C[C@H](NC(=O)[C@H](F)[C@H](C)NC(=O)[C@H](F)[C@@H](NC(=O)OC(C)(C)C)C(C)C)[C@@H](F)C(=O)O. The zero-order chi connectivity index (χ0) is 27.0. The van der Waals surface area contributed by atoms with Crippen LogP contribution in [0.4, 0.5) is 18.0 Å². The van der Waals surface area contributed by atoms with Crippen molar-refractivity contribution in [2.75, 3.05) is 0 Å². The third-order valence-corrected chi connectivity index (χ3v) is 4.67. The Morgan fingerprint density at radius 1 is 0.824 bits per heavy atom. The zero-order valence-electron chi connectivity index (χ0n) is 20.9. The molecular formula is C22H38F3N3O6. The van der Waals surface area contributed by atoms with E-state index < -0.39 is 72.0 Å². The maximum Gasteiger partial charge on any atom is 0.407 e. The fourth-order valence-corrected chi connectivity index (χ4v) is 2.98. The number of aliphatic carboxylic acids is 1. The molecule has 12 heteroatoms. The van der Waals surface area contributed by atoms with E-state index in [0.717, 1.165) is 6.92 Å². The molecule has 4 N–H and O–H groups in total. The third kappa shape index (κ3) is 11.1. The number of hydrogen-bond acceptors (Lipinski definition) is 5. The molecule has 0 unspecified atom stereocenters. The number of carboxylic acid groups (broad SMARTS) is 1. The van der Waals surface area contributed by atoms with Gasteiger partial charge >= 0.3 is 12.1 Å². The highest BCUT2D eigenvalue weighted by Crippen LogP contribution is 2.15. The predicted octanol–water partition coefficient (Wildman–Crippen LogP) is 2.67. The van der Waals surface area contributed by atoms with E-state index in [1.165, 1.54) is 0 Å². The lowest BCUT2D eigenvalue weighted by Crippen LogP contribution is -2.56. The minimum absolute atomic E-state index is 0.0639. The van der Waals surface area contributed by atoms with E-state index in [9.17, 15) is 32.3 Å². The van der Waals surface area contributed by atoms with Gasteiger partial charge < -0.3 is 25.8 Å². The molecule has 0 aliphatic heterocycles. The maximum atomic E-state index is 14.9. The highest BCUT2D eigenvalue weighted by atomic mass is 19.1. The van der Waals surface area contributed by atoms with Crippen molar-refractivity contribution in [3.8, 4) is 0 Å². The van der Waals surface area contributed by atoms with Gasteiger partial charge in [0.2, 0.25) is 6.17 Å². The van der Waals surface area contributed by atoms with Crippen molar-refractivity contribution >= 4 is 23.9 Å². The third-order valence-electron chi connectivity index (χ3n) is 4.67. The highest BCUT2D eigenvalue weighted by Gasteiger charge is 2.37. The number of carboxylic acids is 1. The van der Waals surface area contributed by atoms with Crippen molar-refractivity contribution in [1.29, 1.82) is 0 Å². The Morgan fingerprint density at radius 2 is 1.32 bits per heavy atom. The quantitative estimate of drug-likeness (QED) is 0.328. The summed E-state index contributed by atoms with van der Waals surface area (Å²) in [6, 6.07) is -4.31. The molecule has 0 saturated carbocycles. The number of rotatable bonds is 12. The summed E-state index contributed by atoms with van der Waals surface area (Å²) in [5, 5.41) is 15.2. The van der Waals surface area contributed by atoms with Crippen LogP contribution in [-0.4, -0.2) is 71.2 Å². The molecule has 9 nitrogen and oxygen atoms in total. The van der Waals surface area contributed by atoms with E-state index in [-0.39, 0.29) is 12.3 Å². The van der Waals surface area contributed by atoms with Crippen LogP contribution in [0, 0.1) is 11.8 Å². The molecule has 0 radical (unpaired) electrons. The van der Waals surface area contributed by atoms with Gasteiger partial charge in [0.15, 0.2) is 12.3 Å². The van der Waals surface area contributed by atoms with Crippen molar-refractivity contribution in [3.05, 3.63) is 0 Å². The van der Waals surface area contributed by atoms with Gasteiger partial charge in [-0.05, 0) is 46.0 Å². The summed E-state index contributed by atoms with van der Waals surface area (Å²) < 4.78 is 48.5. The van der Waals surface area contributed by atoms with E-state index in [2.05, 4.69) is 5.32 Å². The number of carbonyl (C=O) groups is 4. The first-order valence-electron chi connectivity index (χ1n) is 11.1. The molecule has 198 valence electrons. The fraction of sp³-hybridized carbons (Fsp3) is 0.818. The van der Waals surface area contributed by atoms with E-state index >= 15 is 0 Å². The maximum absolute atomic E-state index is 14.9. The average Bonchev–Trinajstić information content (AvgIpc) is 2.67. The minimum atomic E-state index is -2.45. The summed E-state index contributed by atoms with van der Waals surface area (Å²) in [5.41, 5.74) is -0.851. The van der Waals surface area contributed by atoms with Gasteiger partial charge in [-0.25, -0.2) is 22.8 Å². The van der Waals surface area contributed by atoms with E-state index in [1.807, 2.05) is 10.6 Å². The Labute approximate surface area is 198 Å². The molecule has 0 saturated heterocycles. The lowest BCUT2D eigenvalue weighted by atomic mass is 9.98. The van der Waals surface area contributed by atoms with Crippen LogP contribution in [0.1, 0.15) is 61.8 Å². The molecular weight excluding hydrogens is 459 g/mol. The van der Waals surface area contributed by atoms with Gasteiger partial charge in [-0.3, -0.25) is 9.59 Å². The Bertz CT molecular complexity index is 714. The Hall–Kier alpha value is -2.53. The number of alkyl carbamates (subject to hydrolysis) is 1. The van der Waals surface area contributed by atoms with Gasteiger partial charge in [0.1, 0.15) is 5.60 Å². The fourth-order valence-electron chi connectivity index (χ4n) is 2.98. The molecule has 0 aromatic rings. The second-order valence-electron chi connectivity index (χ2n) is 10.0. The number of amides is 3. The van der Waals surface area contributed by atoms with Crippen LogP contribution >= 0.6 is 0 Å². The molecule has 6 atom stereocenters. The van der Waals surface area contributed by atoms with Gasteiger partial charge in [0, 0.05) is 0 Å². The monoisotopic (exact) mass is 497 g/mol. The molecule has 0 aromatic heterocycles. The van der Waals surface area contributed by atoms with Gasteiger partial charge in [0.25, 0.3) is 11.8 Å². The summed E-state index contributed by atoms with van der Waals surface area (Å²) in [4.78, 5) is 47.5. The first-order chi connectivity index (χ1) is 15.4. The van der Waals surface area contributed by atoms with Crippen molar-refractivity contribution in [2.45, 2.75) is 104 Å². The van der Waals surface area contributed by atoms with E-state index in [0.29, 0.717) is 0 Å². The summed E-state index contributed by atoms with van der Waals surface area (Å²) in [5.74, 6) is -5.16. The molecule has 0 fully saturated rings. The smallest absolute Gasteiger partial charge is 0.407 e. The number of hydrogen-bond donors (Lipinski definition) is 4. The molecule has 0 bridgehead atoms. The molecule has 0 aromatic carbocycles. The van der Waals surface area contributed by atoms with Gasteiger partial charge in [-0.2, -0.15) is 0 Å². The number of nitrogens with one attached hydrogen (secondary N) is 3. The van der Waals surface area contributed by atoms with Gasteiger partial charge in [0.05, 0.1) is 18.1 Å². The van der Waals surface area contributed by atoms with E-state index in [4.69, 9.17) is 9.84 Å². The minimum Gasteiger partial charge on any atom is -0.479 e. The van der Waals surface area contributed by atoms with Crippen molar-refractivity contribution in [3.63, 3.8) is 0 Å². The largest absolute Gasteiger partial charge is 0.479 e. The van der Waals surface area contributed by atoms with Crippen molar-refractivity contribution in [1.82, 2.24) is 16.0 Å². The van der Waals surface area contributed by atoms with Gasteiger partial charge in [-0.1, -0.05) is 27.7 Å². The number of carbonyl (C=O) groups excluding carboxylic acids is 3. The standard InChI is InChI=1S/C22H38F3N3O6/c1-10(2)9-13(15(24)20(31)32)27-18(29)14(23)12(5)26-19(30)16(25)17(11(3)4)28-21(33)34-22(6,7)8/h10-17H,9H2,1-8H3,(H,26,30)(H,27,29)(H,28,33)(H,31,32)/t12-,13-,14+,15+,16+,17-/m0/s1. The van der Waals surface area contributed by atoms with Crippen LogP contribution in [0.15, 0.2) is 0 Å². The van der Waals surface area contributed by atoms with Crippen LogP contribution in [-0.2, 0) is 19.1 Å². The van der Waals surface area contributed by atoms with Crippen LogP contribution < -0.4 is 16.0 Å². The first-order valence-corrected chi connectivity index (χ1v) is 11.1. The average molecular weight is 498 g/mol. The van der Waals surface area contributed by atoms with Crippen molar-refractivity contribution in [2.24, 2.45) is 11.8 Å². The van der Waals surface area contributed by atoms with Crippen LogP contribution in [0.2, 0.25) is 0 Å². The zero-order valence-corrected chi connectivity index (χ0v) is 20.9. The molecule has 0 aliphatic rings. The van der Waals surface area contributed by atoms with Gasteiger partial charge in [-0.15, -0.1) is 0 Å². The lowest BCUT2D eigenvalue weighted by Gasteiger charge is -2.28. The molecule has 34 heavy (non-hydrogen) atoms. The second kappa shape index (κ2) is 13.4. The lowest BCUT2D eigenvalue weighted by molar-refractivity contribution is -0.144. The molecule has 3 amide bonds. The molecule has 0 heterocycles. The van der Waals surface area contributed by atoms with E-state index in [1.54, 1.807) is 48.5 Å². The second-order valence-corrected chi connectivity index (χ2v) is 10.0. The number of halogens is 3. The topological polar surface area (TPSA) is 134 Å². The summed E-state index contributed by atoms with van der Waals surface area (Å²) in [6.07, 6.45) is -8.16. The molecule has 0 aliphatic carbocycles. The normalized spacial score (nSPS) is 17.2. The predicted molar refractivity (Wildman–Crippen MR) is 119 cm³/mol. The Balaban J connectivity index is 5.20.